The molecule has 0 bridgehead atoms. The Bertz CT molecular complexity index is 569. The van der Waals surface area contributed by atoms with Crippen molar-refractivity contribution in [2.45, 2.75) is 6.18 Å². The molecule has 2 amide bonds. The van der Waals surface area contributed by atoms with E-state index >= 15 is 0 Å². The number of carbonyl (C=O) groups is 1. The molecule has 0 saturated heterocycles. The summed E-state index contributed by atoms with van der Waals surface area (Å²) < 4.78 is 37.4. The van der Waals surface area contributed by atoms with Crippen LogP contribution in [0.5, 0.6) is 0 Å². The Balaban J connectivity index is 2.05. The van der Waals surface area contributed by atoms with Crippen molar-refractivity contribution in [3.63, 3.8) is 0 Å². The van der Waals surface area contributed by atoms with Gasteiger partial charge < -0.3 is 5.32 Å². The van der Waals surface area contributed by atoms with Gasteiger partial charge >= 0.3 is 12.2 Å². The average Bonchev–Trinajstić information content (AvgIpc) is 2.80. The van der Waals surface area contributed by atoms with Crippen LogP contribution in [0.25, 0.3) is 0 Å². The first-order valence-electron chi connectivity index (χ1n) is 5.10. The van der Waals surface area contributed by atoms with Gasteiger partial charge in [0.05, 0.1) is 5.56 Å². The van der Waals surface area contributed by atoms with Crippen LogP contribution in [0.3, 0.4) is 0 Å². The van der Waals surface area contributed by atoms with Gasteiger partial charge in [0.15, 0.2) is 5.13 Å². The van der Waals surface area contributed by atoms with Crippen LogP contribution in [0.15, 0.2) is 35.8 Å². The number of alkyl halides is 3. The highest BCUT2D eigenvalue weighted by atomic mass is 32.1. The molecule has 100 valence electrons. The number of thiazole rings is 1. The largest absolute Gasteiger partial charge is 0.416 e. The maximum atomic E-state index is 12.5. The van der Waals surface area contributed by atoms with Gasteiger partial charge in [0, 0.05) is 17.3 Å². The monoisotopic (exact) mass is 287 g/mol. The lowest BCUT2D eigenvalue weighted by atomic mass is 10.2. The summed E-state index contributed by atoms with van der Waals surface area (Å²) in [6, 6.07) is 3.75. The Morgan fingerprint density at radius 3 is 2.68 bits per heavy atom. The van der Waals surface area contributed by atoms with Gasteiger partial charge in [-0.3, -0.25) is 5.32 Å². The van der Waals surface area contributed by atoms with Crippen molar-refractivity contribution < 1.29 is 18.0 Å². The highest BCUT2D eigenvalue weighted by Crippen LogP contribution is 2.30. The molecule has 19 heavy (non-hydrogen) atoms. The molecule has 2 rings (SSSR count). The minimum Gasteiger partial charge on any atom is -0.308 e. The van der Waals surface area contributed by atoms with Gasteiger partial charge in [0.2, 0.25) is 0 Å². The third-order valence-electron chi connectivity index (χ3n) is 2.10. The van der Waals surface area contributed by atoms with Gasteiger partial charge in [0.1, 0.15) is 0 Å². The maximum Gasteiger partial charge on any atom is 0.416 e. The number of urea groups is 1. The first kappa shape index (κ1) is 13.3. The minimum atomic E-state index is -4.44. The third-order valence-corrected chi connectivity index (χ3v) is 2.79. The van der Waals surface area contributed by atoms with E-state index in [9.17, 15) is 18.0 Å². The van der Waals surface area contributed by atoms with Crippen molar-refractivity contribution in [2.24, 2.45) is 0 Å². The van der Waals surface area contributed by atoms with E-state index in [1.54, 1.807) is 5.38 Å². The van der Waals surface area contributed by atoms with E-state index in [0.29, 0.717) is 5.13 Å². The summed E-state index contributed by atoms with van der Waals surface area (Å²) in [5, 5.41) is 6.75. The third kappa shape index (κ3) is 3.68. The molecule has 8 heteroatoms. The van der Waals surface area contributed by atoms with Crippen LogP contribution >= 0.6 is 11.3 Å². The summed E-state index contributed by atoms with van der Waals surface area (Å²) in [5.41, 5.74) is -0.761. The number of hydrogen-bond acceptors (Lipinski definition) is 3. The molecule has 0 atom stereocenters. The number of aromatic nitrogens is 1. The molecule has 0 aliphatic carbocycles. The molecule has 0 fully saturated rings. The molecule has 1 aromatic carbocycles. The Labute approximate surface area is 110 Å². The molecule has 0 saturated carbocycles. The van der Waals surface area contributed by atoms with E-state index in [-0.39, 0.29) is 5.69 Å². The Morgan fingerprint density at radius 1 is 1.26 bits per heavy atom. The van der Waals surface area contributed by atoms with Gasteiger partial charge in [0.25, 0.3) is 0 Å². The Morgan fingerprint density at radius 2 is 2.05 bits per heavy atom. The van der Waals surface area contributed by atoms with Gasteiger partial charge in [-0.15, -0.1) is 11.3 Å². The number of anilines is 2. The van der Waals surface area contributed by atoms with E-state index in [4.69, 9.17) is 0 Å². The number of halogens is 3. The molecule has 0 spiro atoms. The highest BCUT2D eigenvalue weighted by molar-refractivity contribution is 7.13. The molecule has 0 aliphatic heterocycles. The molecule has 1 aromatic heterocycles. The second-order valence-corrected chi connectivity index (χ2v) is 4.39. The summed E-state index contributed by atoms with van der Waals surface area (Å²) >= 11 is 1.21. The second-order valence-electron chi connectivity index (χ2n) is 3.49. The summed E-state index contributed by atoms with van der Waals surface area (Å²) in [7, 11) is 0. The molecular weight excluding hydrogens is 279 g/mol. The van der Waals surface area contributed by atoms with E-state index in [1.807, 2.05) is 0 Å². The zero-order valence-corrected chi connectivity index (χ0v) is 10.2. The van der Waals surface area contributed by atoms with Gasteiger partial charge in [-0.05, 0) is 18.2 Å². The Kier molecular flexibility index (Phi) is 3.70. The highest BCUT2D eigenvalue weighted by Gasteiger charge is 2.30. The van der Waals surface area contributed by atoms with Gasteiger partial charge in [-0.2, -0.15) is 13.2 Å². The van der Waals surface area contributed by atoms with Crippen LogP contribution in [0.4, 0.5) is 28.8 Å². The van der Waals surface area contributed by atoms with Crippen LogP contribution in [-0.4, -0.2) is 11.0 Å². The van der Waals surface area contributed by atoms with Gasteiger partial charge in [-0.1, -0.05) is 6.07 Å². The maximum absolute atomic E-state index is 12.5. The summed E-state index contributed by atoms with van der Waals surface area (Å²) in [6.45, 7) is 0. The number of amides is 2. The minimum absolute atomic E-state index is 0.0591. The predicted molar refractivity (Wildman–Crippen MR) is 66.2 cm³/mol. The normalized spacial score (nSPS) is 11.1. The van der Waals surface area contributed by atoms with E-state index in [1.165, 1.54) is 29.7 Å². The number of nitrogens with one attached hydrogen (secondary N) is 2. The number of rotatable bonds is 2. The molecule has 0 radical (unpaired) electrons. The smallest absolute Gasteiger partial charge is 0.308 e. The van der Waals surface area contributed by atoms with E-state index < -0.39 is 17.8 Å². The number of nitrogens with zero attached hydrogens (tertiary/aromatic N) is 1. The number of benzene rings is 1. The van der Waals surface area contributed by atoms with Crippen LogP contribution < -0.4 is 10.6 Å². The van der Waals surface area contributed by atoms with Crippen molar-refractivity contribution in [2.75, 3.05) is 10.6 Å². The fourth-order valence-corrected chi connectivity index (χ4v) is 1.84. The van der Waals surface area contributed by atoms with Crippen LogP contribution in [-0.2, 0) is 6.18 Å². The molecule has 2 N–H and O–H groups in total. The molecular formula is C11H8F3N3OS. The van der Waals surface area contributed by atoms with Crippen molar-refractivity contribution in [1.29, 1.82) is 0 Å². The first-order valence-corrected chi connectivity index (χ1v) is 5.98. The quantitative estimate of drug-likeness (QED) is 0.882. The van der Waals surface area contributed by atoms with Crippen LogP contribution in [0.2, 0.25) is 0 Å². The summed E-state index contributed by atoms with van der Waals surface area (Å²) in [5.74, 6) is 0. The topological polar surface area (TPSA) is 54.0 Å². The molecule has 4 nitrogen and oxygen atoms in total. The predicted octanol–water partition coefficient (Wildman–Crippen LogP) is 3.81. The zero-order chi connectivity index (χ0) is 13.9. The zero-order valence-electron chi connectivity index (χ0n) is 9.36. The molecule has 0 unspecified atom stereocenters. The average molecular weight is 287 g/mol. The van der Waals surface area contributed by atoms with Crippen molar-refractivity contribution in [3.05, 3.63) is 41.4 Å². The molecule has 2 aromatic rings. The van der Waals surface area contributed by atoms with Crippen molar-refractivity contribution in [1.82, 2.24) is 4.98 Å². The van der Waals surface area contributed by atoms with E-state index in [0.717, 1.165) is 12.1 Å². The number of hydrogen-bond donors (Lipinski definition) is 2. The van der Waals surface area contributed by atoms with Crippen molar-refractivity contribution >= 4 is 28.2 Å². The van der Waals surface area contributed by atoms with Crippen LogP contribution in [0, 0.1) is 0 Å². The van der Waals surface area contributed by atoms with Crippen molar-refractivity contribution in [3.8, 4) is 0 Å². The van der Waals surface area contributed by atoms with E-state index in [2.05, 4.69) is 15.6 Å². The lowest BCUT2D eigenvalue weighted by Crippen LogP contribution is -2.19. The molecule has 0 aliphatic rings. The van der Waals surface area contributed by atoms with Crippen LogP contribution in [0.1, 0.15) is 5.56 Å². The van der Waals surface area contributed by atoms with Gasteiger partial charge in [-0.25, -0.2) is 9.78 Å². The SMILES string of the molecule is O=C(Nc1cccc(C(F)(F)F)c1)Nc1nccs1. The first-order chi connectivity index (χ1) is 8.95. The Hall–Kier alpha value is -2.09. The standard InChI is InChI=1S/C11H8F3N3OS/c12-11(13,14)7-2-1-3-8(6-7)16-9(18)17-10-15-4-5-19-10/h1-6H,(H2,15,16,17,18). The lowest BCUT2D eigenvalue weighted by Gasteiger charge is -2.09. The fourth-order valence-electron chi connectivity index (χ4n) is 1.32. The summed E-state index contributed by atoms with van der Waals surface area (Å²) in [4.78, 5) is 15.3. The second kappa shape index (κ2) is 5.27. The molecule has 1 heterocycles. The fraction of sp³-hybridized carbons (Fsp3) is 0.0909. The lowest BCUT2D eigenvalue weighted by molar-refractivity contribution is -0.137. The number of carbonyl (C=O) groups excluding carboxylic acids is 1. The summed E-state index contributed by atoms with van der Waals surface area (Å²) in [6.07, 6.45) is -2.94.